The highest BCUT2D eigenvalue weighted by molar-refractivity contribution is 5.96. The number of ketones is 1. The first kappa shape index (κ1) is 19.8. The molecule has 0 aromatic carbocycles. The van der Waals surface area contributed by atoms with E-state index in [0.29, 0.717) is 12.5 Å². The van der Waals surface area contributed by atoms with E-state index in [4.69, 9.17) is 0 Å². The summed E-state index contributed by atoms with van der Waals surface area (Å²) in [6, 6.07) is 0. The number of hydrogen-bond acceptors (Lipinski definition) is 4. The number of allylic oxidation sites excluding steroid dienone is 1. The first-order valence-electron chi connectivity index (χ1n) is 7.31. The highest BCUT2D eigenvalue weighted by Crippen LogP contribution is 1.88. The largest absolute Gasteiger partial charge is 0.356 e. The van der Waals surface area contributed by atoms with Crippen LogP contribution in [0.25, 0.3) is 0 Å². The molecule has 7 heteroatoms. The first-order chi connectivity index (χ1) is 10.3. The molecule has 0 rings (SSSR count). The monoisotopic (exact) mass is 311 g/mol. The molecule has 124 valence electrons. The first-order valence-corrected chi connectivity index (χ1v) is 7.31. The van der Waals surface area contributed by atoms with Gasteiger partial charge in [-0.2, -0.15) is 0 Å². The normalized spacial score (nSPS) is 10.5. The Bertz CT molecular complexity index is 431. The van der Waals surface area contributed by atoms with E-state index in [2.05, 4.69) is 16.0 Å². The van der Waals surface area contributed by atoms with Crippen molar-refractivity contribution in [2.75, 3.05) is 19.6 Å². The number of carbonyl (C=O) groups excluding carboxylic acids is 4. The molecule has 0 spiro atoms. The van der Waals surface area contributed by atoms with E-state index in [1.807, 2.05) is 13.8 Å². The maximum absolute atomic E-state index is 11.5. The van der Waals surface area contributed by atoms with Gasteiger partial charge in [-0.3, -0.25) is 19.2 Å². The van der Waals surface area contributed by atoms with Crippen molar-refractivity contribution in [3.63, 3.8) is 0 Å². The molecule has 0 saturated heterocycles. The van der Waals surface area contributed by atoms with Crippen LogP contribution in [-0.2, 0) is 19.2 Å². The molecule has 0 aliphatic heterocycles. The van der Waals surface area contributed by atoms with Crippen LogP contribution < -0.4 is 16.0 Å². The lowest BCUT2D eigenvalue weighted by Crippen LogP contribution is -2.34. The zero-order chi connectivity index (χ0) is 17.0. The summed E-state index contributed by atoms with van der Waals surface area (Å²) >= 11 is 0. The Morgan fingerprint density at radius 2 is 1.41 bits per heavy atom. The summed E-state index contributed by atoms with van der Waals surface area (Å²) in [7, 11) is 0. The third kappa shape index (κ3) is 12.8. The fraction of sp³-hybridized carbons (Fsp3) is 0.600. The SMILES string of the molecule is CC(=O)/C=C/C(=O)NCCC(=O)NCCC(=O)NCC(C)C. The molecule has 7 nitrogen and oxygen atoms in total. The van der Waals surface area contributed by atoms with Crippen molar-refractivity contribution >= 4 is 23.5 Å². The van der Waals surface area contributed by atoms with Gasteiger partial charge in [0.2, 0.25) is 17.7 Å². The van der Waals surface area contributed by atoms with Gasteiger partial charge in [-0.05, 0) is 18.9 Å². The van der Waals surface area contributed by atoms with E-state index in [9.17, 15) is 19.2 Å². The van der Waals surface area contributed by atoms with Crippen LogP contribution in [0.2, 0.25) is 0 Å². The minimum absolute atomic E-state index is 0.100. The van der Waals surface area contributed by atoms with Crippen LogP contribution in [0.1, 0.15) is 33.6 Å². The number of nitrogens with one attached hydrogen (secondary N) is 3. The molecule has 0 aliphatic carbocycles. The average Bonchev–Trinajstić information content (AvgIpc) is 2.43. The Hall–Kier alpha value is -2.18. The quantitative estimate of drug-likeness (QED) is 0.491. The Balaban J connectivity index is 3.68. The van der Waals surface area contributed by atoms with Gasteiger partial charge in [0.15, 0.2) is 5.78 Å². The summed E-state index contributed by atoms with van der Waals surface area (Å²) in [4.78, 5) is 44.7. The van der Waals surface area contributed by atoms with Crippen molar-refractivity contribution in [3.8, 4) is 0 Å². The van der Waals surface area contributed by atoms with E-state index in [1.165, 1.54) is 6.92 Å². The average molecular weight is 311 g/mol. The zero-order valence-corrected chi connectivity index (χ0v) is 13.4. The highest BCUT2D eigenvalue weighted by Gasteiger charge is 2.05. The molecule has 0 heterocycles. The van der Waals surface area contributed by atoms with Crippen LogP contribution in [0.15, 0.2) is 12.2 Å². The Labute approximate surface area is 130 Å². The fourth-order valence-corrected chi connectivity index (χ4v) is 1.36. The predicted molar refractivity (Wildman–Crippen MR) is 82.9 cm³/mol. The molecule has 0 aromatic rings. The summed E-state index contributed by atoms with van der Waals surface area (Å²) in [5.74, 6) is -0.594. The molecule has 22 heavy (non-hydrogen) atoms. The van der Waals surface area contributed by atoms with Gasteiger partial charge in [-0.1, -0.05) is 13.8 Å². The second-order valence-electron chi connectivity index (χ2n) is 5.28. The van der Waals surface area contributed by atoms with Crippen LogP contribution in [0.5, 0.6) is 0 Å². The van der Waals surface area contributed by atoms with Crippen LogP contribution in [0.4, 0.5) is 0 Å². The molecule has 0 aliphatic rings. The predicted octanol–water partition coefficient (Wildman–Crippen LogP) is -0.0836. The van der Waals surface area contributed by atoms with Crippen LogP contribution in [0, 0.1) is 5.92 Å². The maximum atomic E-state index is 11.5. The van der Waals surface area contributed by atoms with Crippen molar-refractivity contribution in [3.05, 3.63) is 12.2 Å². The van der Waals surface area contributed by atoms with Crippen molar-refractivity contribution in [1.82, 2.24) is 16.0 Å². The second kappa shape index (κ2) is 11.5. The summed E-state index contributed by atoms with van der Waals surface area (Å²) in [6.07, 6.45) is 2.63. The van der Waals surface area contributed by atoms with Crippen LogP contribution >= 0.6 is 0 Å². The van der Waals surface area contributed by atoms with E-state index < -0.39 is 5.91 Å². The molecular weight excluding hydrogens is 286 g/mol. The number of rotatable bonds is 10. The van der Waals surface area contributed by atoms with Gasteiger partial charge in [0.25, 0.3) is 0 Å². The molecular formula is C15H25N3O4. The second-order valence-corrected chi connectivity index (χ2v) is 5.28. The van der Waals surface area contributed by atoms with Crippen LogP contribution in [-0.4, -0.2) is 43.1 Å². The summed E-state index contributed by atoms with van der Waals surface area (Å²) in [5, 5.41) is 7.84. The van der Waals surface area contributed by atoms with Gasteiger partial charge in [-0.25, -0.2) is 0 Å². The smallest absolute Gasteiger partial charge is 0.244 e. The Morgan fingerprint density at radius 3 is 1.95 bits per heavy atom. The lowest BCUT2D eigenvalue weighted by atomic mass is 10.2. The maximum Gasteiger partial charge on any atom is 0.244 e. The third-order valence-electron chi connectivity index (χ3n) is 2.50. The molecule has 0 aromatic heterocycles. The van der Waals surface area contributed by atoms with Crippen LogP contribution in [0.3, 0.4) is 0 Å². The van der Waals surface area contributed by atoms with Crippen molar-refractivity contribution in [2.45, 2.75) is 33.6 Å². The summed E-state index contributed by atoms with van der Waals surface area (Å²) < 4.78 is 0. The molecule has 0 saturated carbocycles. The van der Waals surface area contributed by atoms with Gasteiger partial charge in [0, 0.05) is 38.6 Å². The van der Waals surface area contributed by atoms with Crippen molar-refractivity contribution in [1.29, 1.82) is 0 Å². The topological polar surface area (TPSA) is 104 Å². The number of amides is 3. The third-order valence-corrected chi connectivity index (χ3v) is 2.50. The molecule has 0 unspecified atom stereocenters. The van der Waals surface area contributed by atoms with E-state index >= 15 is 0 Å². The summed E-state index contributed by atoms with van der Waals surface area (Å²) in [6.45, 7) is 6.40. The summed E-state index contributed by atoms with van der Waals surface area (Å²) in [5.41, 5.74) is 0. The van der Waals surface area contributed by atoms with Gasteiger partial charge in [0.05, 0.1) is 0 Å². The molecule has 0 fully saturated rings. The molecule has 3 amide bonds. The Kier molecular flexibility index (Phi) is 10.3. The standard InChI is InChI=1S/C15H25N3O4/c1-11(2)10-18-15(22)7-9-17-14(21)6-8-16-13(20)5-4-12(3)19/h4-5,11H,6-10H2,1-3H3,(H,16,20)(H,17,21)(H,18,22)/b5-4+. The number of carbonyl (C=O) groups is 4. The van der Waals surface area contributed by atoms with E-state index in [0.717, 1.165) is 12.2 Å². The number of hydrogen-bond donors (Lipinski definition) is 3. The van der Waals surface area contributed by atoms with Gasteiger partial charge < -0.3 is 16.0 Å². The lowest BCUT2D eigenvalue weighted by molar-refractivity contribution is -0.122. The van der Waals surface area contributed by atoms with E-state index in [-0.39, 0.29) is 43.5 Å². The highest BCUT2D eigenvalue weighted by atomic mass is 16.2. The molecule has 0 bridgehead atoms. The molecule has 3 N–H and O–H groups in total. The van der Waals surface area contributed by atoms with Gasteiger partial charge in [-0.15, -0.1) is 0 Å². The van der Waals surface area contributed by atoms with Gasteiger partial charge >= 0.3 is 0 Å². The van der Waals surface area contributed by atoms with Crippen molar-refractivity contribution in [2.24, 2.45) is 5.92 Å². The van der Waals surface area contributed by atoms with Crippen molar-refractivity contribution < 1.29 is 19.2 Å². The van der Waals surface area contributed by atoms with Gasteiger partial charge in [0.1, 0.15) is 0 Å². The lowest BCUT2D eigenvalue weighted by Gasteiger charge is -2.08. The Morgan fingerprint density at radius 1 is 0.864 bits per heavy atom. The minimum atomic E-state index is -0.420. The minimum Gasteiger partial charge on any atom is -0.356 e. The molecule has 0 atom stereocenters. The molecule has 0 radical (unpaired) electrons. The zero-order valence-electron chi connectivity index (χ0n) is 13.4. The van der Waals surface area contributed by atoms with E-state index in [1.54, 1.807) is 0 Å². The fourth-order valence-electron chi connectivity index (χ4n) is 1.36.